The van der Waals surface area contributed by atoms with Crippen molar-refractivity contribution in [3.8, 4) is 11.3 Å². The Morgan fingerprint density at radius 3 is 3.00 bits per heavy atom. The summed E-state index contributed by atoms with van der Waals surface area (Å²) in [6.07, 6.45) is 8.61. The molecule has 2 atom stereocenters. The Morgan fingerprint density at radius 2 is 2.23 bits per heavy atom. The van der Waals surface area contributed by atoms with Crippen molar-refractivity contribution < 1.29 is 9.50 Å². The van der Waals surface area contributed by atoms with Crippen molar-refractivity contribution in [2.45, 2.75) is 31.0 Å². The van der Waals surface area contributed by atoms with Crippen LogP contribution in [0.25, 0.3) is 22.3 Å². The van der Waals surface area contributed by atoms with Gasteiger partial charge >= 0.3 is 0 Å². The van der Waals surface area contributed by atoms with E-state index in [2.05, 4.69) is 25.7 Å². The third-order valence-electron chi connectivity index (χ3n) is 5.46. The van der Waals surface area contributed by atoms with Crippen LogP contribution in [0, 0.1) is 0 Å². The molecule has 9 nitrogen and oxygen atoms in total. The maximum absolute atomic E-state index is 15.1. The lowest BCUT2D eigenvalue weighted by Crippen LogP contribution is -2.46. The highest BCUT2D eigenvalue weighted by atomic mass is 19.1. The van der Waals surface area contributed by atoms with E-state index in [0.717, 1.165) is 18.5 Å². The Morgan fingerprint density at radius 1 is 1.37 bits per heavy atom. The van der Waals surface area contributed by atoms with Crippen LogP contribution in [0.2, 0.25) is 0 Å². The van der Waals surface area contributed by atoms with Gasteiger partial charge in [-0.05, 0) is 31.9 Å². The van der Waals surface area contributed by atoms with E-state index in [1.165, 1.54) is 0 Å². The molecule has 10 heteroatoms. The van der Waals surface area contributed by atoms with Crippen molar-refractivity contribution in [1.82, 2.24) is 30.0 Å². The summed E-state index contributed by atoms with van der Waals surface area (Å²) in [6, 6.07) is 1.75. The first kappa shape index (κ1) is 20.6. The molecule has 1 aliphatic heterocycles. The van der Waals surface area contributed by atoms with Crippen molar-refractivity contribution >= 4 is 16.9 Å². The predicted octanol–water partition coefficient (Wildman–Crippen LogP) is 1.27. The van der Waals surface area contributed by atoms with E-state index in [9.17, 15) is 5.11 Å². The largest absolute Gasteiger partial charge is 0.396 e. The third kappa shape index (κ3) is 4.40. The summed E-state index contributed by atoms with van der Waals surface area (Å²) in [5.41, 5.74) is 7.19. The van der Waals surface area contributed by atoms with Crippen LogP contribution in [0.4, 0.5) is 10.2 Å². The van der Waals surface area contributed by atoms with Gasteiger partial charge in [0.25, 0.3) is 0 Å². The molecule has 3 aromatic rings. The predicted molar refractivity (Wildman–Crippen MR) is 113 cm³/mol. The minimum absolute atomic E-state index is 0.0365. The summed E-state index contributed by atoms with van der Waals surface area (Å²) < 4.78 is 16.8. The molecule has 4 heterocycles. The van der Waals surface area contributed by atoms with Gasteiger partial charge in [-0.2, -0.15) is 5.10 Å². The number of anilines is 1. The quantitative estimate of drug-likeness (QED) is 0.434. The topological polar surface area (TPSA) is 127 Å². The highest BCUT2D eigenvalue weighted by Gasteiger charge is 2.31. The van der Waals surface area contributed by atoms with Gasteiger partial charge in [0.15, 0.2) is 5.82 Å². The molecule has 2 unspecified atom stereocenters. The van der Waals surface area contributed by atoms with E-state index in [0.29, 0.717) is 48.5 Å². The number of hydrogen-bond acceptors (Lipinski definition) is 8. The van der Waals surface area contributed by atoms with Gasteiger partial charge in [-0.25, -0.2) is 14.4 Å². The fourth-order valence-electron chi connectivity index (χ4n) is 3.74. The Bertz CT molecular complexity index is 988. The van der Waals surface area contributed by atoms with E-state index in [1.807, 2.05) is 12.3 Å². The van der Waals surface area contributed by atoms with Gasteiger partial charge in [-0.1, -0.05) is 0 Å². The molecule has 1 fully saturated rings. The van der Waals surface area contributed by atoms with E-state index in [4.69, 9.17) is 10.7 Å². The minimum Gasteiger partial charge on any atom is -0.396 e. The van der Waals surface area contributed by atoms with Crippen molar-refractivity contribution in [3.63, 3.8) is 0 Å². The van der Waals surface area contributed by atoms with Crippen LogP contribution in [-0.2, 0) is 0 Å². The Hall–Kier alpha value is -2.69. The summed E-state index contributed by atoms with van der Waals surface area (Å²) >= 11 is 0. The number of aromatic nitrogens is 5. The molecule has 160 valence electrons. The second-order valence-electron chi connectivity index (χ2n) is 7.68. The summed E-state index contributed by atoms with van der Waals surface area (Å²) in [4.78, 5) is 13.5. The zero-order chi connectivity index (χ0) is 21.0. The smallest absolute Gasteiger partial charge is 0.155 e. The standard InChI is InChI=1S/C20H27FN8O/c21-20(3-1-4-23-12-20)13-26-19-18-17(24-5-6-25-18)8-16(28-19)14-10-27-29(11-14)15(9-22)2-7-30/h5-6,8,10-11,15,23,30H,1-4,7,9,12-13,22H2,(H,26,28). The monoisotopic (exact) mass is 414 g/mol. The highest BCUT2D eigenvalue weighted by molar-refractivity contribution is 5.88. The van der Waals surface area contributed by atoms with Gasteiger partial charge in [-0.3, -0.25) is 9.67 Å². The zero-order valence-corrected chi connectivity index (χ0v) is 16.8. The van der Waals surface area contributed by atoms with Crippen LogP contribution in [0.3, 0.4) is 0 Å². The maximum Gasteiger partial charge on any atom is 0.155 e. The van der Waals surface area contributed by atoms with E-state index in [1.54, 1.807) is 23.3 Å². The van der Waals surface area contributed by atoms with Gasteiger partial charge in [0.2, 0.25) is 0 Å². The van der Waals surface area contributed by atoms with Gasteiger partial charge in [-0.15, -0.1) is 0 Å². The number of pyridine rings is 1. The SMILES string of the molecule is NCC(CCO)n1cc(-c2cc3nccnc3c(NCC3(F)CCCNC3)n2)cn1. The fourth-order valence-corrected chi connectivity index (χ4v) is 3.74. The van der Waals surface area contributed by atoms with Gasteiger partial charge in [0.1, 0.15) is 11.2 Å². The molecule has 0 amide bonds. The van der Waals surface area contributed by atoms with E-state index in [-0.39, 0.29) is 19.2 Å². The Balaban J connectivity index is 1.64. The van der Waals surface area contributed by atoms with Gasteiger partial charge < -0.3 is 21.5 Å². The average molecular weight is 414 g/mol. The fraction of sp³-hybridized carbons (Fsp3) is 0.500. The summed E-state index contributed by atoms with van der Waals surface area (Å²) in [5, 5.41) is 19.9. The van der Waals surface area contributed by atoms with Crippen LogP contribution in [0.15, 0.2) is 30.9 Å². The van der Waals surface area contributed by atoms with Gasteiger partial charge in [0.05, 0.1) is 30.0 Å². The lowest BCUT2D eigenvalue weighted by Gasteiger charge is -2.30. The highest BCUT2D eigenvalue weighted by Crippen LogP contribution is 2.28. The van der Waals surface area contributed by atoms with Crippen molar-refractivity contribution in [3.05, 3.63) is 30.9 Å². The first-order chi connectivity index (χ1) is 14.6. The molecule has 0 saturated carbocycles. The zero-order valence-electron chi connectivity index (χ0n) is 16.8. The number of nitrogens with zero attached hydrogens (tertiary/aromatic N) is 5. The van der Waals surface area contributed by atoms with Crippen molar-refractivity contribution in [2.75, 3.05) is 38.1 Å². The van der Waals surface area contributed by atoms with Crippen LogP contribution >= 0.6 is 0 Å². The number of rotatable bonds is 8. The molecule has 1 saturated heterocycles. The number of alkyl halides is 1. The number of piperidine rings is 1. The molecule has 0 radical (unpaired) electrons. The van der Waals surface area contributed by atoms with Crippen LogP contribution in [-0.4, -0.2) is 68.3 Å². The molecule has 30 heavy (non-hydrogen) atoms. The molecule has 0 spiro atoms. The van der Waals surface area contributed by atoms with Crippen molar-refractivity contribution in [1.29, 1.82) is 0 Å². The molecule has 0 bridgehead atoms. The molecule has 0 aliphatic carbocycles. The second kappa shape index (κ2) is 8.99. The minimum atomic E-state index is -1.33. The maximum atomic E-state index is 15.1. The normalized spacial score (nSPS) is 20.4. The molecule has 4 rings (SSSR count). The first-order valence-corrected chi connectivity index (χ1v) is 10.2. The van der Waals surface area contributed by atoms with Crippen LogP contribution < -0.4 is 16.4 Å². The Labute approximate surface area is 173 Å². The number of aliphatic hydroxyl groups excluding tert-OH is 1. The molecular formula is C20H27FN8O. The number of aliphatic hydroxyl groups is 1. The summed E-state index contributed by atoms with van der Waals surface area (Å²) in [7, 11) is 0. The van der Waals surface area contributed by atoms with Gasteiger partial charge in [0, 0.05) is 43.9 Å². The Kier molecular flexibility index (Phi) is 6.16. The lowest BCUT2D eigenvalue weighted by atomic mass is 9.96. The lowest BCUT2D eigenvalue weighted by molar-refractivity contribution is 0.137. The number of nitrogens with one attached hydrogen (secondary N) is 2. The van der Waals surface area contributed by atoms with Crippen LogP contribution in [0.1, 0.15) is 25.3 Å². The number of fused-ring (bicyclic) bond motifs is 1. The van der Waals surface area contributed by atoms with Crippen LogP contribution in [0.5, 0.6) is 0 Å². The second-order valence-corrected chi connectivity index (χ2v) is 7.68. The molecule has 5 N–H and O–H groups in total. The molecule has 0 aromatic carbocycles. The first-order valence-electron chi connectivity index (χ1n) is 10.2. The molecule has 1 aliphatic rings. The summed E-state index contributed by atoms with van der Waals surface area (Å²) in [5.74, 6) is 0.497. The molecule has 3 aromatic heterocycles. The van der Waals surface area contributed by atoms with Crippen molar-refractivity contribution in [2.24, 2.45) is 5.73 Å². The average Bonchev–Trinajstić information content (AvgIpc) is 3.26. The van der Waals surface area contributed by atoms with E-state index < -0.39 is 5.67 Å². The third-order valence-corrected chi connectivity index (χ3v) is 5.46. The summed E-state index contributed by atoms with van der Waals surface area (Å²) in [6.45, 7) is 1.72. The number of halogens is 1. The number of nitrogens with two attached hydrogens (primary N) is 1. The molecular weight excluding hydrogens is 387 g/mol. The van der Waals surface area contributed by atoms with E-state index >= 15 is 4.39 Å². The number of hydrogen-bond donors (Lipinski definition) is 4.